The van der Waals surface area contributed by atoms with E-state index in [0.29, 0.717) is 34.7 Å². The van der Waals surface area contributed by atoms with Crippen molar-refractivity contribution in [3.8, 4) is 11.5 Å². The highest BCUT2D eigenvalue weighted by Crippen LogP contribution is 2.31. The van der Waals surface area contributed by atoms with Crippen molar-refractivity contribution >= 4 is 11.7 Å². The molecule has 0 bridgehead atoms. The Morgan fingerprint density at radius 2 is 1.45 bits per heavy atom. The molecule has 0 aliphatic carbocycles. The van der Waals surface area contributed by atoms with Crippen molar-refractivity contribution in [2.45, 2.75) is 6.54 Å². The normalized spacial score (nSPS) is 10.3. The number of para-hydroxylation sites is 1. The van der Waals surface area contributed by atoms with E-state index in [1.165, 1.54) is 0 Å². The summed E-state index contributed by atoms with van der Waals surface area (Å²) in [7, 11) is 4.84. The molecule has 0 heterocycles. The Morgan fingerprint density at radius 3 is 2.10 bits per heavy atom. The van der Waals surface area contributed by atoms with Crippen molar-refractivity contribution < 1.29 is 19.1 Å². The quantitative estimate of drug-likeness (QED) is 0.568. The molecule has 5 nitrogen and oxygen atoms in total. The van der Waals surface area contributed by atoms with Gasteiger partial charge in [0.1, 0.15) is 0 Å². The molecule has 0 aromatic heterocycles. The fraction of sp³-hybridized carbons (Fsp3) is 0.167. The van der Waals surface area contributed by atoms with Gasteiger partial charge >= 0.3 is 0 Å². The van der Waals surface area contributed by atoms with Gasteiger partial charge in [0.2, 0.25) is 0 Å². The van der Waals surface area contributed by atoms with Crippen LogP contribution in [0.5, 0.6) is 11.5 Å². The standard InChI is InChI=1S/C24H23NO4/c1-25(16-18-12-9-15-21(28-2)23(18)29-3)24(27)20-14-8-7-13-19(20)22(26)17-10-5-4-6-11-17/h4-15H,16H2,1-3H3. The average Bonchev–Trinajstić information content (AvgIpc) is 2.78. The van der Waals surface area contributed by atoms with E-state index in [4.69, 9.17) is 9.47 Å². The van der Waals surface area contributed by atoms with E-state index in [1.54, 1.807) is 80.8 Å². The van der Waals surface area contributed by atoms with Crippen molar-refractivity contribution in [1.29, 1.82) is 0 Å². The minimum atomic E-state index is -0.241. The van der Waals surface area contributed by atoms with Gasteiger partial charge in [0.15, 0.2) is 17.3 Å². The molecule has 3 aromatic rings. The maximum Gasteiger partial charge on any atom is 0.254 e. The van der Waals surface area contributed by atoms with Crippen LogP contribution in [0.2, 0.25) is 0 Å². The Morgan fingerprint density at radius 1 is 0.793 bits per heavy atom. The molecular weight excluding hydrogens is 366 g/mol. The summed E-state index contributed by atoms with van der Waals surface area (Å²) in [5.41, 5.74) is 2.11. The van der Waals surface area contributed by atoms with Crippen molar-refractivity contribution in [3.05, 3.63) is 95.1 Å². The number of carbonyl (C=O) groups excluding carboxylic acids is 2. The summed E-state index contributed by atoms with van der Waals surface area (Å²) in [5, 5.41) is 0. The first-order valence-electron chi connectivity index (χ1n) is 9.21. The number of hydrogen-bond donors (Lipinski definition) is 0. The van der Waals surface area contributed by atoms with Gasteiger partial charge in [-0.2, -0.15) is 0 Å². The lowest BCUT2D eigenvalue weighted by molar-refractivity contribution is 0.0779. The lowest BCUT2D eigenvalue weighted by Crippen LogP contribution is -2.28. The monoisotopic (exact) mass is 389 g/mol. The van der Waals surface area contributed by atoms with Gasteiger partial charge in [-0.15, -0.1) is 0 Å². The molecule has 148 valence electrons. The highest BCUT2D eigenvalue weighted by Gasteiger charge is 2.22. The smallest absolute Gasteiger partial charge is 0.254 e. The van der Waals surface area contributed by atoms with Gasteiger partial charge in [0.05, 0.1) is 19.8 Å². The number of amides is 1. The second-order valence-electron chi connectivity index (χ2n) is 6.55. The molecule has 0 saturated heterocycles. The van der Waals surface area contributed by atoms with Gasteiger partial charge < -0.3 is 14.4 Å². The van der Waals surface area contributed by atoms with Crippen LogP contribution in [0.25, 0.3) is 0 Å². The van der Waals surface area contributed by atoms with Crippen LogP contribution in [-0.2, 0) is 6.54 Å². The number of nitrogens with zero attached hydrogens (tertiary/aromatic N) is 1. The topological polar surface area (TPSA) is 55.8 Å². The van der Waals surface area contributed by atoms with Crippen LogP contribution < -0.4 is 9.47 Å². The molecule has 1 amide bonds. The van der Waals surface area contributed by atoms with E-state index in [-0.39, 0.29) is 11.7 Å². The summed E-state index contributed by atoms with van der Waals surface area (Å²) < 4.78 is 10.8. The lowest BCUT2D eigenvalue weighted by Gasteiger charge is -2.21. The third-order valence-electron chi connectivity index (χ3n) is 4.68. The molecule has 3 aromatic carbocycles. The lowest BCUT2D eigenvalue weighted by atomic mass is 9.97. The molecule has 0 fully saturated rings. The first-order chi connectivity index (χ1) is 14.1. The van der Waals surface area contributed by atoms with Crippen LogP contribution >= 0.6 is 0 Å². The predicted octanol–water partition coefficient (Wildman–Crippen LogP) is 4.21. The predicted molar refractivity (Wildman–Crippen MR) is 112 cm³/mol. The summed E-state index contributed by atoms with van der Waals surface area (Å²) in [4.78, 5) is 27.7. The SMILES string of the molecule is COc1cccc(CN(C)C(=O)c2ccccc2C(=O)c2ccccc2)c1OC. The maximum atomic E-state index is 13.2. The van der Waals surface area contributed by atoms with E-state index in [0.717, 1.165) is 5.56 Å². The third kappa shape index (κ3) is 4.29. The fourth-order valence-corrected chi connectivity index (χ4v) is 3.22. The number of hydrogen-bond acceptors (Lipinski definition) is 4. The summed E-state index contributed by atoms with van der Waals surface area (Å²) in [6.45, 7) is 0.313. The highest BCUT2D eigenvalue weighted by atomic mass is 16.5. The number of ketones is 1. The Bertz CT molecular complexity index is 1010. The van der Waals surface area contributed by atoms with Crippen LogP contribution in [0.3, 0.4) is 0 Å². The Labute approximate surface area is 170 Å². The Hall–Kier alpha value is -3.60. The van der Waals surface area contributed by atoms with Crippen molar-refractivity contribution in [1.82, 2.24) is 4.90 Å². The summed E-state index contributed by atoms with van der Waals surface area (Å²) >= 11 is 0. The van der Waals surface area contributed by atoms with E-state index < -0.39 is 0 Å². The van der Waals surface area contributed by atoms with E-state index in [1.807, 2.05) is 18.2 Å². The van der Waals surface area contributed by atoms with Crippen LogP contribution in [0.4, 0.5) is 0 Å². The van der Waals surface area contributed by atoms with Crippen LogP contribution in [-0.4, -0.2) is 37.9 Å². The van der Waals surface area contributed by atoms with Gasteiger partial charge in [0.25, 0.3) is 5.91 Å². The van der Waals surface area contributed by atoms with Crippen LogP contribution in [0.15, 0.2) is 72.8 Å². The van der Waals surface area contributed by atoms with Gasteiger partial charge in [0, 0.05) is 30.3 Å². The number of carbonyl (C=O) groups is 2. The minimum absolute atomic E-state index is 0.179. The molecular formula is C24H23NO4. The zero-order valence-corrected chi connectivity index (χ0v) is 16.7. The van der Waals surface area contributed by atoms with Crippen LogP contribution in [0, 0.1) is 0 Å². The Kier molecular flexibility index (Phi) is 6.29. The molecule has 0 saturated carbocycles. The molecule has 0 aliphatic heterocycles. The summed E-state index contributed by atoms with van der Waals surface area (Å²) in [6, 6.07) is 21.4. The number of methoxy groups -OCH3 is 2. The number of benzene rings is 3. The van der Waals surface area contributed by atoms with Gasteiger partial charge in [-0.05, 0) is 12.1 Å². The molecule has 0 N–H and O–H groups in total. The van der Waals surface area contributed by atoms with Gasteiger partial charge in [-0.25, -0.2) is 0 Å². The second-order valence-corrected chi connectivity index (χ2v) is 6.55. The first-order valence-corrected chi connectivity index (χ1v) is 9.21. The second kappa shape index (κ2) is 9.06. The fourth-order valence-electron chi connectivity index (χ4n) is 3.22. The largest absolute Gasteiger partial charge is 0.493 e. The molecule has 0 atom stereocenters. The third-order valence-corrected chi connectivity index (χ3v) is 4.68. The number of rotatable bonds is 7. The summed E-state index contributed by atoms with van der Waals surface area (Å²) in [5.74, 6) is 0.769. The molecule has 0 aliphatic rings. The Balaban J connectivity index is 1.89. The minimum Gasteiger partial charge on any atom is -0.493 e. The zero-order valence-electron chi connectivity index (χ0n) is 16.7. The molecule has 5 heteroatoms. The molecule has 0 spiro atoms. The van der Waals surface area contributed by atoms with Crippen molar-refractivity contribution in [3.63, 3.8) is 0 Å². The highest BCUT2D eigenvalue weighted by molar-refractivity contribution is 6.15. The molecule has 0 radical (unpaired) electrons. The molecule has 0 unspecified atom stereocenters. The van der Waals surface area contributed by atoms with Crippen molar-refractivity contribution in [2.24, 2.45) is 0 Å². The zero-order chi connectivity index (χ0) is 20.8. The number of ether oxygens (including phenoxy) is 2. The maximum absolute atomic E-state index is 13.2. The molecule has 3 rings (SSSR count). The summed E-state index contributed by atoms with van der Waals surface area (Å²) in [6.07, 6.45) is 0. The van der Waals surface area contributed by atoms with Crippen molar-refractivity contribution in [2.75, 3.05) is 21.3 Å². The van der Waals surface area contributed by atoms with E-state index in [2.05, 4.69) is 0 Å². The first kappa shape index (κ1) is 20.1. The van der Waals surface area contributed by atoms with Crippen LogP contribution in [0.1, 0.15) is 31.8 Å². The molecule has 29 heavy (non-hydrogen) atoms. The van der Waals surface area contributed by atoms with Gasteiger partial charge in [-0.3, -0.25) is 9.59 Å². The van der Waals surface area contributed by atoms with E-state index in [9.17, 15) is 9.59 Å². The average molecular weight is 389 g/mol. The van der Waals surface area contributed by atoms with E-state index >= 15 is 0 Å². The van der Waals surface area contributed by atoms with Gasteiger partial charge in [-0.1, -0.05) is 60.7 Å².